The molecule has 1 aromatic carbocycles. The van der Waals surface area contributed by atoms with Gasteiger partial charge in [-0.3, -0.25) is 4.79 Å². The molecule has 1 fully saturated rings. The lowest BCUT2D eigenvalue weighted by Crippen LogP contribution is -2.51. The molecule has 3 aromatic rings. The minimum atomic E-state index is -0.0161. The van der Waals surface area contributed by atoms with Crippen LogP contribution in [0.15, 0.2) is 24.3 Å². The van der Waals surface area contributed by atoms with Gasteiger partial charge in [0.25, 0.3) is 5.91 Å². The van der Waals surface area contributed by atoms with Gasteiger partial charge in [-0.2, -0.15) is 0 Å². The molecule has 3 heterocycles. The van der Waals surface area contributed by atoms with Gasteiger partial charge in [0.05, 0.1) is 12.1 Å². The number of hydrogen-bond acceptors (Lipinski definition) is 4. The SMILES string of the molecule is COCC1CN(C(=O)c2cc3c(C)c(C)[nH]c3c(NCc3c(C)cccc3C)n2)C1. The molecule has 6 heteroatoms. The summed E-state index contributed by atoms with van der Waals surface area (Å²) < 4.78 is 5.20. The predicted molar refractivity (Wildman–Crippen MR) is 120 cm³/mol. The van der Waals surface area contributed by atoms with E-state index in [1.165, 1.54) is 16.7 Å². The van der Waals surface area contributed by atoms with E-state index in [0.29, 0.717) is 24.8 Å². The molecule has 4 rings (SSSR count). The Labute approximate surface area is 177 Å². The number of nitrogens with zero attached hydrogens (tertiary/aromatic N) is 2. The number of hydrogen-bond donors (Lipinski definition) is 2. The van der Waals surface area contributed by atoms with Crippen LogP contribution in [-0.2, 0) is 11.3 Å². The number of nitrogens with one attached hydrogen (secondary N) is 2. The molecule has 0 atom stereocenters. The second kappa shape index (κ2) is 8.11. The van der Waals surface area contributed by atoms with Crippen LogP contribution in [0.1, 0.15) is 38.4 Å². The van der Waals surface area contributed by atoms with Crippen LogP contribution in [0.25, 0.3) is 10.9 Å². The third-order valence-corrected chi connectivity index (χ3v) is 6.24. The first kappa shape index (κ1) is 20.4. The van der Waals surface area contributed by atoms with Crippen molar-refractivity contribution in [2.24, 2.45) is 5.92 Å². The summed E-state index contributed by atoms with van der Waals surface area (Å²) in [4.78, 5) is 23.1. The molecular weight excluding hydrogens is 376 g/mol. The number of fused-ring (bicyclic) bond motifs is 1. The lowest BCUT2D eigenvalue weighted by Gasteiger charge is -2.38. The van der Waals surface area contributed by atoms with Gasteiger partial charge in [0, 0.05) is 43.7 Å². The van der Waals surface area contributed by atoms with Crippen molar-refractivity contribution in [3.63, 3.8) is 0 Å². The smallest absolute Gasteiger partial charge is 0.272 e. The summed E-state index contributed by atoms with van der Waals surface area (Å²) in [5.74, 6) is 1.13. The molecule has 1 saturated heterocycles. The van der Waals surface area contributed by atoms with Crippen molar-refractivity contribution in [2.45, 2.75) is 34.2 Å². The maximum absolute atomic E-state index is 13.1. The fourth-order valence-corrected chi connectivity index (χ4v) is 4.23. The Balaban J connectivity index is 1.65. The molecule has 0 aliphatic carbocycles. The van der Waals surface area contributed by atoms with Crippen molar-refractivity contribution in [1.29, 1.82) is 0 Å². The van der Waals surface area contributed by atoms with Gasteiger partial charge >= 0.3 is 0 Å². The number of aromatic nitrogens is 2. The molecule has 158 valence electrons. The summed E-state index contributed by atoms with van der Waals surface area (Å²) in [6, 6.07) is 8.24. The number of aryl methyl sites for hydroxylation is 4. The number of benzene rings is 1. The molecule has 30 heavy (non-hydrogen) atoms. The predicted octanol–water partition coefficient (Wildman–Crippen LogP) is 4.13. The maximum Gasteiger partial charge on any atom is 0.272 e. The van der Waals surface area contributed by atoms with E-state index >= 15 is 0 Å². The minimum absolute atomic E-state index is 0.0161. The lowest BCUT2D eigenvalue weighted by molar-refractivity contribution is 0.0266. The standard InChI is InChI=1S/C24H30N4O2/c1-14-7-6-8-15(2)20(14)10-25-23-22-19(16(3)17(4)26-22)9-21(27-23)24(29)28-11-18(12-28)13-30-5/h6-9,18,26H,10-13H2,1-5H3,(H,25,27). The number of likely N-dealkylation sites (tertiary alicyclic amines) is 1. The highest BCUT2D eigenvalue weighted by Crippen LogP contribution is 2.29. The summed E-state index contributed by atoms with van der Waals surface area (Å²) in [6.45, 7) is 11.2. The van der Waals surface area contributed by atoms with E-state index in [-0.39, 0.29) is 5.91 Å². The largest absolute Gasteiger partial charge is 0.384 e. The zero-order chi connectivity index (χ0) is 21.4. The zero-order valence-corrected chi connectivity index (χ0v) is 18.4. The van der Waals surface area contributed by atoms with Crippen molar-refractivity contribution >= 4 is 22.6 Å². The Morgan fingerprint density at radius 1 is 1.23 bits per heavy atom. The number of H-pyrrole nitrogens is 1. The fraction of sp³-hybridized carbons (Fsp3) is 0.417. The normalized spacial score (nSPS) is 14.2. The molecule has 6 nitrogen and oxygen atoms in total. The number of methoxy groups -OCH3 is 1. The van der Waals surface area contributed by atoms with E-state index in [0.717, 1.165) is 41.1 Å². The average molecular weight is 407 g/mol. The third-order valence-electron chi connectivity index (χ3n) is 6.24. The fourth-order valence-electron chi connectivity index (χ4n) is 4.23. The highest BCUT2D eigenvalue weighted by molar-refractivity contribution is 6.01. The lowest BCUT2D eigenvalue weighted by atomic mass is 10.0. The van der Waals surface area contributed by atoms with Gasteiger partial charge in [-0.1, -0.05) is 18.2 Å². The zero-order valence-electron chi connectivity index (χ0n) is 18.4. The summed E-state index contributed by atoms with van der Waals surface area (Å²) in [7, 11) is 1.70. The summed E-state index contributed by atoms with van der Waals surface area (Å²) in [5, 5.41) is 4.54. The molecule has 1 amide bonds. The Bertz CT molecular complexity index is 1080. The monoisotopic (exact) mass is 406 g/mol. The van der Waals surface area contributed by atoms with Crippen LogP contribution in [-0.4, -0.2) is 47.6 Å². The van der Waals surface area contributed by atoms with E-state index in [9.17, 15) is 4.79 Å². The van der Waals surface area contributed by atoms with Crippen LogP contribution in [0.4, 0.5) is 5.82 Å². The molecule has 2 aromatic heterocycles. The van der Waals surface area contributed by atoms with Crippen molar-refractivity contribution in [3.05, 3.63) is 57.9 Å². The number of ether oxygens (including phenoxy) is 1. The Kier molecular flexibility index (Phi) is 5.52. The number of carbonyl (C=O) groups is 1. The Morgan fingerprint density at radius 2 is 1.93 bits per heavy atom. The molecule has 0 saturated carbocycles. The minimum Gasteiger partial charge on any atom is -0.384 e. The van der Waals surface area contributed by atoms with Crippen LogP contribution >= 0.6 is 0 Å². The van der Waals surface area contributed by atoms with Crippen molar-refractivity contribution in [1.82, 2.24) is 14.9 Å². The van der Waals surface area contributed by atoms with Crippen molar-refractivity contribution in [3.8, 4) is 0 Å². The van der Waals surface area contributed by atoms with E-state index in [1.54, 1.807) is 7.11 Å². The van der Waals surface area contributed by atoms with Gasteiger partial charge in [-0.25, -0.2) is 4.98 Å². The number of carbonyl (C=O) groups excluding carboxylic acids is 1. The summed E-state index contributed by atoms with van der Waals surface area (Å²) >= 11 is 0. The molecule has 0 bridgehead atoms. The molecule has 0 unspecified atom stereocenters. The van der Waals surface area contributed by atoms with Crippen LogP contribution in [0.3, 0.4) is 0 Å². The summed E-state index contributed by atoms with van der Waals surface area (Å²) in [6.07, 6.45) is 0. The molecule has 1 aliphatic heterocycles. The maximum atomic E-state index is 13.1. The number of pyridine rings is 1. The first-order valence-corrected chi connectivity index (χ1v) is 10.5. The number of anilines is 1. The topological polar surface area (TPSA) is 70.2 Å². The molecular formula is C24H30N4O2. The van der Waals surface area contributed by atoms with Crippen LogP contribution < -0.4 is 5.32 Å². The quantitative estimate of drug-likeness (QED) is 0.646. The highest BCUT2D eigenvalue weighted by Gasteiger charge is 2.32. The van der Waals surface area contributed by atoms with Gasteiger partial charge in [0.15, 0.2) is 5.82 Å². The van der Waals surface area contributed by atoms with Gasteiger partial charge in [0.1, 0.15) is 5.69 Å². The molecule has 2 N–H and O–H groups in total. The van der Waals surface area contributed by atoms with Gasteiger partial charge < -0.3 is 19.9 Å². The first-order chi connectivity index (χ1) is 14.4. The van der Waals surface area contributed by atoms with Gasteiger partial charge in [0.2, 0.25) is 0 Å². The van der Waals surface area contributed by atoms with E-state index in [4.69, 9.17) is 9.72 Å². The highest BCUT2D eigenvalue weighted by atomic mass is 16.5. The third kappa shape index (κ3) is 3.67. The van der Waals surface area contributed by atoms with Crippen molar-refractivity contribution < 1.29 is 9.53 Å². The van der Waals surface area contributed by atoms with E-state index in [1.807, 2.05) is 11.0 Å². The first-order valence-electron chi connectivity index (χ1n) is 10.5. The Hall–Kier alpha value is -2.86. The van der Waals surface area contributed by atoms with Crippen LogP contribution in [0, 0.1) is 33.6 Å². The molecule has 0 radical (unpaired) electrons. The number of aromatic amines is 1. The second-order valence-corrected chi connectivity index (χ2v) is 8.41. The number of amides is 1. The van der Waals surface area contributed by atoms with Gasteiger partial charge in [-0.05, 0) is 56.0 Å². The molecule has 1 aliphatic rings. The van der Waals surface area contributed by atoms with Crippen LogP contribution in [0.5, 0.6) is 0 Å². The summed E-state index contributed by atoms with van der Waals surface area (Å²) in [5.41, 5.74) is 7.43. The van der Waals surface area contributed by atoms with E-state index in [2.05, 4.69) is 56.2 Å². The van der Waals surface area contributed by atoms with Crippen molar-refractivity contribution in [2.75, 3.05) is 32.1 Å². The Morgan fingerprint density at radius 3 is 2.60 bits per heavy atom. The molecule has 0 spiro atoms. The van der Waals surface area contributed by atoms with Gasteiger partial charge in [-0.15, -0.1) is 0 Å². The van der Waals surface area contributed by atoms with Crippen LogP contribution in [0.2, 0.25) is 0 Å². The second-order valence-electron chi connectivity index (χ2n) is 8.41. The number of rotatable bonds is 6. The van der Waals surface area contributed by atoms with E-state index < -0.39 is 0 Å². The average Bonchev–Trinajstić information content (AvgIpc) is 2.98.